The van der Waals surface area contributed by atoms with Gasteiger partial charge < -0.3 is 9.84 Å². The highest BCUT2D eigenvalue weighted by Gasteiger charge is 2.47. The lowest BCUT2D eigenvalue weighted by Crippen LogP contribution is -2.30. The molecule has 1 aliphatic rings. The molecule has 6 nitrogen and oxygen atoms in total. The van der Waals surface area contributed by atoms with Gasteiger partial charge in [0.2, 0.25) is 0 Å². The molecule has 1 aromatic heterocycles. The molecule has 1 atom stereocenters. The van der Waals surface area contributed by atoms with Gasteiger partial charge in [-0.1, -0.05) is 41.1 Å². The molecule has 3 aromatic rings. The van der Waals surface area contributed by atoms with Crippen molar-refractivity contribution in [2.75, 3.05) is 11.5 Å². The van der Waals surface area contributed by atoms with Crippen LogP contribution >= 0.6 is 15.9 Å². The van der Waals surface area contributed by atoms with Crippen molar-refractivity contribution >= 4 is 39.2 Å². The normalized spacial score (nSPS) is 17.6. The van der Waals surface area contributed by atoms with Crippen LogP contribution in [0.5, 0.6) is 5.75 Å². The number of hydrogen-bond acceptors (Lipinski definition) is 5. The molecule has 1 N–H and O–H groups in total. The SMILES string of the molecule is CCCOc1ccc(/C(O)=C2\C(=O)C(=O)N(c3ccccn3)[C@@H]2c2cccc(Br)c2)cc1. The average molecular weight is 493 g/mol. The zero-order valence-electron chi connectivity index (χ0n) is 17.4. The molecule has 0 unspecified atom stereocenters. The Labute approximate surface area is 194 Å². The largest absolute Gasteiger partial charge is 0.507 e. The minimum atomic E-state index is -0.821. The Balaban J connectivity index is 1.85. The van der Waals surface area contributed by atoms with E-state index in [4.69, 9.17) is 4.74 Å². The average Bonchev–Trinajstić information content (AvgIpc) is 3.08. The Morgan fingerprint density at radius 2 is 1.88 bits per heavy atom. The van der Waals surface area contributed by atoms with Crippen molar-refractivity contribution in [2.45, 2.75) is 19.4 Å². The van der Waals surface area contributed by atoms with E-state index in [1.807, 2.05) is 31.2 Å². The standard InChI is InChI=1S/C25H21BrN2O4/c1-2-14-32-19-11-9-16(10-12-19)23(29)21-22(17-6-5-7-18(26)15-17)28(25(31)24(21)30)20-8-3-4-13-27-20/h3-13,15,22,29H,2,14H2,1H3/b23-21+/t22-/m1/s1. The Bertz CT molecular complexity index is 1180. The summed E-state index contributed by atoms with van der Waals surface area (Å²) in [4.78, 5) is 31.8. The Hall–Kier alpha value is -3.45. The highest BCUT2D eigenvalue weighted by Crippen LogP contribution is 2.42. The topological polar surface area (TPSA) is 79.7 Å². The molecule has 0 spiro atoms. The van der Waals surface area contributed by atoms with Gasteiger partial charge in [0.15, 0.2) is 0 Å². The second-order valence-corrected chi connectivity index (χ2v) is 8.20. The second kappa shape index (κ2) is 9.36. The number of Topliss-reactive ketones (excluding diaryl/α,β-unsaturated/α-hetero) is 1. The van der Waals surface area contributed by atoms with Gasteiger partial charge in [-0.15, -0.1) is 0 Å². The fourth-order valence-corrected chi connectivity index (χ4v) is 4.06. The lowest BCUT2D eigenvalue weighted by Gasteiger charge is -2.24. The number of hydrogen-bond donors (Lipinski definition) is 1. The van der Waals surface area contributed by atoms with E-state index >= 15 is 0 Å². The van der Waals surface area contributed by atoms with Crippen LogP contribution in [-0.2, 0) is 9.59 Å². The predicted octanol–water partition coefficient (Wildman–Crippen LogP) is 5.26. The highest BCUT2D eigenvalue weighted by atomic mass is 79.9. The van der Waals surface area contributed by atoms with Gasteiger partial charge in [-0.3, -0.25) is 14.5 Å². The number of carbonyl (C=O) groups excluding carboxylic acids is 2. The van der Waals surface area contributed by atoms with Gasteiger partial charge in [0, 0.05) is 16.2 Å². The van der Waals surface area contributed by atoms with E-state index in [0.717, 1.165) is 10.9 Å². The molecular weight excluding hydrogens is 472 g/mol. The number of nitrogens with zero attached hydrogens (tertiary/aromatic N) is 2. The van der Waals surface area contributed by atoms with Gasteiger partial charge in [0.05, 0.1) is 18.2 Å². The van der Waals surface area contributed by atoms with Crippen LogP contribution in [0.25, 0.3) is 5.76 Å². The maximum atomic E-state index is 13.1. The number of benzene rings is 2. The number of rotatable bonds is 6. The van der Waals surface area contributed by atoms with Crippen molar-refractivity contribution in [3.63, 3.8) is 0 Å². The number of halogens is 1. The number of amides is 1. The van der Waals surface area contributed by atoms with Gasteiger partial charge in [-0.2, -0.15) is 0 Å². The molecule has 1 fully saturated rings. The molecule has 1 amide bonds. The van der Waals surface area contributed by atoms with Gasteiger partial charge >= 0.3 is 5.91 Å². The fraction of sp³-hybridized carbons (Fsp3) is 0.160. The lowest BCUT2D eigenvalue weighted by atomic mass is 9.95. The zero-order valence-corrected chi connectivity index (χ0v) is 19.0. The Morgan fingerprint density at radius 1 is 1.09 bits per heavy atom. The molecule has 4 rings (SSSR count). The summed E-state index contributed by atoms with van der Waals surface area (Å²) in [6, 6.07) is 18.4. The van der Waals surface area contributed by atoms with Crippen molar-refractivity contribution in [1.82, 2.24) is 4.98 Å². The van der Waals surface area contributed by atoms with Gasteiger partial charge in [0.25, 0.3) is 5.78 Å². The van der Waals surface area contributed by atoms with Crippen LogP contribution in [0.2, 0.25) is 0 Å². The number of ketones is 1. The predicted molar refractivity (Wildman–Crippen MR) is 125 cm³/mol. The van der Waals surface area contributed by atoms with Crippen LogP contribution < -0.4 is 9.64 Å². The molecule has 2 aromatic carbocycles. The van der Waals surface area contributed by atoms with Crippen molar-refractivity contribution in [2.24, 2.45) is 0 Å². The van der Waals surface area contributed by atoms with Crippen LogP contribution in [0.15, 0.2) is 83.0 Å². The summed E-state index contributed by atoms with van der Waals surface area (Å²) in [7, 11) is 0. The molecule has 2 heterocycles. The molecule has 0 saturated carbocycles. The Kier molecular flexibility index (Phi) is 6.37. The number of pyridine rings is 1. The molecule has 1 aliphatic heterocycles. The first-order valence-corrected chi connectivity index (χ1v) is 11.0. The van der Waals surface area contributed by atoms with Crippen LogP contribution in [0.4, 0.5) is 5.82 Å². The molecule has 162 valence electrons. The third-order valence-corrected chi connectivity index (χ3v) is 5.60. The van der Waals surface area contributed by atoms with E-state index in [2.05, 4.69) is 20.9 Å². The number of aromatic nitrogens is 1. The summed E-state index contributed by atoms with van der Waals surface area (Å²) in [6.45, 7) is 2.60. The van der Waals surface area contributed by atoms with Crippen LogP contribution in [0.3, 0.4) is 0 Å². The van der Waals surface area contributed by atoms with Crippen molar-refractivity contribution < 1.29 is 19.4 Å². The first-order valence-electron chi connectivity index (χ1n) is 10.2. The van der Waals surface area contributed by atoms with Crippen molar-refractivity contribution in [1.29, 1.82) is 0 Å². The third-order valence-electron chi connectivity index (χ3n) is 5.11. The molecular formula is C25H21BrN2O4. The third kappa shape index (κ3) is 4.16. The summed E-state index contributed by atoms with van der Waals surface area (Å²) in [6.07, 6.45) is 2.44. The minimum absolute atomic E-state index is 0.0148. The van der Waals surface area contributed by atoms with Crippen LogP contribution in [0, 0.1) is 0 Å². The van der Waals surface area contributed by atoms with E-state index < -0.39 is 17.7 Å². The zero-order chi connectivity index (χ0) is 22.7. The fourth-order valence-electron chi connectivity index (χ4n) is 3.64. The van der Waals surface area contributed by atoms with Gasteiger partial charge in [-0.05, 0) is 60.5 Å². The molecule has 32 heavy (non-hydrogen) atoms. The van der Waals surface area contributed by atoms with E-state index in [9.17, 15) is 14.7 Å². The number of aliphatic hydroxyl groups is 1. The molecule has 1 saturated heterocycles. The van der Waals surface area contributed by atoms with Crippen LogP contribution in [-0.4, -0.2) is 28.4 Å². The maximum Gasteiger partial charge on any atom is 0.301 e. The smallest absolute Gasteiger partial charge is 0.301 e. The van der Waals surface area contributed by atoms with E-state index in [1.54, 1.807) is 48.7 Å². The summed E-state index contributed by atoms with van der Waals surface area (Å²) >= 11 is 3.45. The number of carbonyl (C=O) groups is 2. The maximum absolute atomic E-state index is 13.1. The molecule has 0 bridgehead atoms. The summed E-state index contributed by atoms with van der Waals surface area (Å²) in [5.41, 5.74) is 1.11. The molecule has 0 aliphatic carbocycles. The minimum Gasteiger partial charge on any atom is -0.507 e. The van der Waals surface area contributed by atoms with E-state index in [1.165, 1.54) is 4.90 Å². The molecule has 0 radical (unpaired) electrons. The number of ether oxygens (including phenoxy) is 1. The molecule has 7 heteroatoms. The summed E-state index contributed by atoms with van der Waals surface area (Å²) in [5.74, 6) is -0.737. The Morgan fingerprint density at radius 3 is 2.53 bits per heavy atom. The van der Waals surface area contributed by atoms with E-state index in [-0.39, 0.29) is 11.3 Å². The highest BCUT2D eigenvalue weighted by molar-refractivity contribution is 9.10. The monoisotopic (exact) mass is 492 g/mol. The summed E-state index contributed by atoms with van der Waals surface area (Å²) in [5, 5.41) is 11.1. The number of anilines is 1. The van der Waals surface area contributed by atoms with Gasteiger partial charge in [-0.25, -0.2) is 4.98 Å². The van der Waals surface area contributed by atoms with Gasteiger partial charge in [0.1, 0.15) is 17.3 Å². The van der Waals surface area contributed by atoms with Crippen LogP contribution in [0.1, 0.15) is 30.5 Å². The van der Waals surface area contributed by atoms with E-state index in [0.29, 0.717) is 29.3 Å². The van der Waals surface area contributed by atoms with Crippen molar-refractivity contribution in [3.8, 4) is 5.75 Å². The summed E-state index contributed by atoms with van der Waals surface area (Å²) < 4.78 is 6.38. The first-order chi connectivity index (χ1) is 15.5. The number of aliphatic hydroxyl groups excluding tert-OH is 1. The first kappa shape index (κ1) is 21.8. The van der Waals surface area contributed by atoms with Crippen molar-refractivity contribution in [3.05, 3.63) is 94.1 Å². The quantitative estimate of drug-likeness (QED) is 0.288. The second-order valence-electron chi connectivity index (χ2n) is 7.28. The lowest BCUT2D eigenvalue weighted by molar-refractivity contribution is -0.132.